The molecule has 1 aliphatic heterocycles. The number of benzene rings is 1. The number of hydrogen-bond donors (Lipinski definition) is 0. The van der Waals surface area contributed by atoms with Crippen LogP contribution in [0.25, 0.3) is 0 Å². The SMILES string of the molecule is CCN(C(=O)c1ccc(OC)cc1F)C1CCS(=O)(=O)C1. The van der Waals surface area contributed by atoms with Crippen molar-refractivity contribution in [1.82, 2.24) is 4.90 Å². The monoisotopic (exact) mass is 315 g/mol. The molecule has 0 saturated carbocycles. The van der Waals surface area contributed by atoms with Crippen LogP contribution < -0.4 is 4.74 Å². The quantitative estimate of drug-likeness (QED) is 0.844. The highest BCUT2D eigenvalue weighted by molar-refractivity contribution is 7.91. The largest absolute Gasteiger partial charge is 0.497 e. The number of halogens is 1. The molecule has 1 saturated heterocycles. The summed E-state index contributed by atoms with van der Waals surface area (Å²) in [6.07, 6.45) is 0.402. The van der Waals surface area contributed by atoms with Crippen molar-refractivity contribution in [3.63, 3.8) is 0 Å². The molecule has 0 spiro atoms. The zero-order chi connectivity index (χ0) is 15.6. The number of carbonyl (C=O) groups excluding carboxylic acids is 1. The van der Waals surface area contributed by atoms with Gasteiger partial charge in [0.05, 0.1) is 24.2 Å². The van der Waals surface area contributed by atoms with Gasteiger partial charge in [-0.2, -0.15) is 0 Å². The molecule has 7 heteroatoms. The minimum atomic E-state index is -3.09. The average molecular weight is 315 g/mol. The van der Waals surface area contributed by atoms with Gasteiger partial charge in [-0.05, 0) is 25.5 Å². The lowest BCUT2D eigenvalue weighted by Gasteiger charge is -2.27. The van der Waals surface area contributed by atoms with Crippen molar-refractivity contribution in [1.29, 1.82) is 0 Å². The second-order valence-corrected chi connectivity index (χ2v) is 7.22. The van der Waals surface area contributed by atoms with E-state index in [1.807, 2.05) is 0 Å². The summed E-state index contributed by atoms with van der Waals surface area (Å²) < 4.78 is 42.0. The first-order valence-corrected chi connectivity index (χ1v) is 8.55. The Morgan fingerprint density at radius 2 is 2.19 bits per heavy atom. The average Bonchev–Trinajstić information content (AvgIpc) is 2.79. The lowest BCUT2D eigenvalue weighted by atomic mass is 10.1. The van der Waals surface area contributed by atoms with E-state index >= 15 is 0 Å². The standard InChI is InChI=1S/C14H18FNO4S/c1-3-16(10-6-7-21(18,19)9-10)14(17)12-5-4-11(20-2)8-13(12)15/h4-5,8,10H,3,6-7,9H2,1-2H3. The number of nitrogens with zero attached hydrogens (tertiary/aromatic N) is 1. The molecule has 0 N–H and O–H groups in total. The predicted molar refractivity (Wildman–Crippen MR) is 76.7 cm³/mol. The van der Waals surface area contributed by atoms with Crippen LogP contribution in [0.15, 0.2) is 18.2 Å². The minimum Gasteiger partial charge on any atom is -0.497 e. The highest BCUT2D eigenvalue weighted by Gasteiger charge is 2.34. The zero-order valence-electron chi connectivity index (χ0n) is 12.0. The first-order chi connectivity index (χ1) is 9.88. The molecule has 1 aliphatic rings. The number of rotatable bonds is 4. The van der Waals surface area contributed by atoms with Crippen LogP contribution >= 0.6 is 0 Å². The fourth-order valence-electron chi connectivity index (χ4n) is 2.54. The first kappa shape index (κ1) is 15.8. The van der Waals surface area contributed by atoms with E-state index in [-0.39, 0.29) is 23.1 Å². The molecule has 5 nitrogen and oxygen atoms in total. The Kier molecular flexibility index (Phi) is 4.51. The van der Waals surface area contributed by atoms with Gasteiger partial charge in [0.25, 0.3) is 5.91 Å². The maximum Gasteiger partial charge on any atom is 0.257 e. The Balaban J connectivity index is 2.25. The molecule has 1 aromatic rings. The molecule has 21 heavy (non-hydrogen) atoms. The highest BCUT2D eigenvalue weighted by Crippen LogP contribution is 2.22. The predicted octanol–water partition coefficient (Wildman–Crippen LogP) is 1.48. The molecule has 1 unspecified atom stereocenters. The van der Waals surface area contributed by atoms with Crippen LogP contribution in [0, 0.1) is 5.82 Å². The van der Waals surface area contributed by atoms with Crippen molar-refractivity contribution in [2.45, 2.75) is 19.4 Å². The van der Waals surface area contributed by atoms with Crippen molar-refractivity contribution in [2.24, 2.45) is 0 Å². The van der Waals surface area contributed by atoms with E-state index in [0.717, 1.165) is 6.07 Å². The van der Waals surface area contributed by atoms with E-state index in [4.69, 9.17) is 4.74 Å². The number of methoxy groups -OCH3 is 1. The third-order valence-corrected chi connectivity index (χ3v) is 5.41. The second kappa shape index (κ2) is 6.01. The fraction of sp³-hybridized carbons (Fsp3) is 0.500. The van der Waals surface area contributed by atoms with E-state index in [9.17, 15) is 17.6 Å². The Labute approximate surface area is 123 Å². The third kappa shape index (κ3) is 3.34. The van der Waals surface area contributed by atoms with Gasteiger partial charge >= 0.3 is 0 Å². The van der Waals surface area contributed by atoms with E-state index in [1.165, 1.54) is 24.1 Å². The number of carbonyl (C=O) groups is 1. The van der Waals surface area contributed by atoms with Crippen LogP contribution in [0.1, 0.15) is 23.7 Å². The van der Waals surface area contributed by atoms with Gasteiger partial charge in [0.1, 0.15) is 11.6 Å². The van der Waals surface area contributed by atoms with Crippen LogP contribution in [0.2, 0.25) is 0 Å². The van der Waals surface area contributed by atoms with Crippen molar-refractivity contribution in [2.75, 3.05) is 25.2 Å². The summed E-state index contributed by atoms with van der Waals surface area (Å²) in [5, 5.41) is 0. The van der Waals surface area contributed by atoms with E-state index in [1.54, 1.807) is 6.92 Å². The molecule has 2 rings (SSSR count). The van der Waals surface area contributed by atoms with Crippen molar-refractivity contribution < 1.29 is 22.3 Å². The van der Waals surface area contributed by atoms with Gasteiger partial charge in [0.15, 0.2) is 9.84 Å². The molecule has 1 fully saturated rings. The van der Waals surface area contributed by atoms with E-state index in [2.05, 4.69) is 0 Å². The van der Waals surface area contributed by atoms with Gasteiger partial charge in [-0.25, -0.2) is 12.8 Å². The van der Waals surface area contributed by atoms with Crippen LogP contribution in [0.5, 0.6) is 5.75 Å². The Hall–Kier alpha value is -1.63. The number of hydrogen-bond acceptors (Lipinski definition) is 4. The van der Waals surface area contributed by atoms with Crippen LogP contribution in [0.3, 0.4) is 0 Å². The number of ether oxygens (including phenoxy) is 1. The van der Waals surface area contributed by atoms with Crippen molar-refractivity contribution >= 4 is 15.7 Å². The topological polar surface area (TPSA) is 63.7 Å². The molecule has 1 atom stereocenters. The molecule has 0 bridgehead atoms. The summed E-state index contributed by atoms with van der Waals surface area (Å²) in [6, 6.07) is 3.64. The molecule has 116 valence electrons. The molecular formula is C14H18FNO4S. The highest BCUT2D eigenvalue weighted by atomic mass is 32.2. The minimum absolute atomic E-state index is 0.0512. The van der Waals surface area contributed by atoms with E-state index in [0.29, 0.717) is 18.7 Å². The molecule has 1 heterocycles. The number of amides is 1. The molecule has 1 amide bonds. The summed E-state index contributed by atoms with van der Waals surface area (Å²) in [6.45, 7) is 2.09. The summed E-state index contributed by atoms with van der Waals surface area (Å²) in [4.78, 5) is 13.9. The second-order valence-electron chi connectivity index (χ2n) is 4.99. The summed E-state index contributed by atoms with van der Waals surface area (Å²) in [5.41, 5.74) is -0.0676. The van der Waals surface area contributed by atoms with E-state index < -0.39 is 21.6 Å². The van der Waals surface area contributed by atoms with Gasteiger partial charge in [0.2, 0.25) is 0 Å². The molecular weight excluding hydrogens is 297 g/mol. The van der Waals surface area contributed by atoms with Gasteiger partial charge < -0.3 is 9.64 Å². The van der Waals surface area contributed by atoms with Gasteiger partial charge in [-0.3, -0.25) is 4.79 Å². The molecule has 0 aliphatic carbocycles. The Bertz CT molecular complexity index is 644. The molecule has 1 aromatic carbocycles. The fourth-order valence-corrected chi connectivity index (χ4v) is 4.27. The maximum atomic E-state index is 14.0. The summed E-state index contributed by atoms with van der Waals surface area (Å²) in [7, 11) is -1.68. The lowest BCUT2D eigenvalue weighted by Crippen LogP contribution is -2.41. The zero-order valence-corrected chi connectivity index (χ0v) is 12.8. The summed E-state index contributed by atoms with van der Waals surface area (Å²) in [5.74, 6) is -0.800. The maximum absolute atomic E-state index is 14.0. The van der Waals surface area contributed by atoms with Gasteiger partial charge in [-0.1, -0.05) is 0 Å². The Morgan fingerprint density at radius 1 is 1.48 bits per heavy atom. The molecule has 0 aromatic heterocycles. The number of sulfone groups is 1. The first-order valence-electron chi connectivity index (χ1n) is 6.73. The van der Waals surface area contributed by atoms with Crippen LogP contribution in [-0.2, 0) is 9.84 Å². The van der Waals surface area contributed by atoms with Crippen molar-refractivity contribution in [3.05, 3.63) is 29.6 Å². The third-order valence-electron chi connectivity index (χ3n) is 3.66. The smallest absolute Gasteiger partial charge is 0.257 e. The molecule has 0 radical (unpaired) electrons. The van der Waals surface area contributed by atoms with Crippen LogP contribution in [-0.4, -0.2) is 50.4 Å². The van der Waals surface area contributed by atoms with Crippen molar-refractivity contribution in [3.8, 4) is 5.75 Å². The summed E-state index contributed by atoms with van der Waals surface area (Å²) >= 11 is 0. The van der Waals surface area contributed by atoms with Crippen LogP contribution in [0.4, 0.5) is 4.39 Å². The normalized spacial score (nSPS) is 20.2. The van der Waals surface area contributed by atoms with Gasteiger partial charge in [0, 0.05) is 18.7 Å². The lowest BCUT2D eigenvalue weighted by molar-refractivity contribution is 0.0703. The van der Waals surface area contributed by atoms with Gasteiger partial charge in [-0.15, -0.1) is 0 Å². The Morgan fingerprint density at radius 3 is 2.67 bits per heavy atom.